The summed E-state index contributed by atoms with van der Waals surface area (Å²) in [6.07, 6.45) is 1.42. The van der Waals surface area contributed by atoms with Gasteiger partial charge in [0.15, 0.2) is 12.1 Å². The number of ether oxygens (including phenoxy) is 1. The number of carboxylic acids is 2. The second kappa shape index (κ2) is 16.9. The number of carboxylic acid groups (broad SMARTS) is 2. The van der Waals surface area contributed by atoms with Gasteiger partial charge in [0.25, 0.3) is 0 Å². The van der Waals surface area contributed by atoms with Gasteiger partial charge in [0, 0.05) is 31.8 Å². The van der Waals surface area contributed by atoms with E-state index in [4.69, 9.17) is 36.3 Å². The molecule has 2 aromatic rings. The summed E-state index contributed by atoms with van der Waals surface area (Å²) in [6, 6.07) is 13.4. The van der Waals surface area contributed by atoms with Crippen molar-refractivity contribution in [2.24, 2.45) is 22.2 Å². The average molecular weight is 568 g/mol. The van der Waals surface area contributed by atoms with Crippen LogP contribution in [0.15, 0.2) is 53.5 Å². The molecule has 0 fully saturated rings. The summed E-state index contributed by atoms with van der Waals surface area (Å²) in [7, 11) is -3.53. The van der Waals surface area contributed by atoms with Gasteiger partial charge >= 0.3 is 22.1 Å². The fourth-order valence-electron chi connectivity index (χ4n) is 3.08. The summed E-state index contributed by atoms with van der Waals surface area (Å²) in [5.74, 6) is -1.69. The predicted octanol–water partition coefficient (Wildman–Crippen LogP) is 1.12. The normalized spacial score (nSPS) is 12.3. The lowest BCUT2D eigenvalue weighted by Crippen LogP contribution is -2.30. The first-order valence-electron chi connectivity index (χ1n) is 12.0. The zero-order chi connectivity index (χ0) is 29.4. The van der Waals surface area contributed by atoms with Crippen LogP contribution in [-0.4, -0.2) is 68.1 Å². The number of guanidine groups is 1. The summed E-state index contributed by atoms with van der Waals surface area (Å²) in [5, 5.41) is 20.8. The van der Waals surface area contributed by atoms with Gasteiger partial charge in [-0.15, -0.1) is 0 Å². The number of aliphatic carboxylic acids is 2. The maximum Gasteiger partial charge on any atom is 0.333 e. The van der Waals surface area contributed by atoms with E-state index in [0.717, 1.165) is 23.1 Å². The standard InChI is InChI=1S/C19H23NO6S.C6H14N4O2/c1-3-25-18(19(21)22)12-14-4-8-16(9-5-14)20-13-15-6-10-17(11-7-15)26-27(2,23)24;7-4(5(11)12)2-1-3-10-6(8)9/h4-11,18,20H,3,12-13H2,1-2H3,(H,21,22);4H,1-3,7H2,(H,11,12)(H4,8,9,10). The van der Waals surface area contributed by atoms with Gasteiger partial charge in [-0.3, -0.25) is 9.79 Å². The van der Waals surface area contributed by atoms with E-state index < -0.39 is 34.2 Å². The fourth-order valence-corrected chi connectivity index (χ4v) is 3.54. The molecule has 0 saturated heterocycles. The van der Waals surface area contributed by atoms with Crippen molar-refractivity contribution >= 4 is 33.7 Å². The largest absolute Gasteiger partial charge is 0.480 e. The number of nitrogens with zero attached hydrogens (tertiary/aromatic N) is 1. The number of nitrogens with two attached hydrogens (primary N) is 3. The lowest BCUT2D eigenvalue weighted by molar-refractivity contribution is -0.150. The molecule has 2 aromatic carbocycles. The number of anilines is 1. The van der Waals surface area contributed by atoms with Crippen molar-refractivity contribution < 1.29 is 37.1 Å². The summed E-state index contributed by atoms with van der Waals surface area (Å²) in [4.78, 5) is 25.0. The van der Waals surface area contributed by atoms with Crippen LogP contribution in [0.1, 0.15) is 30.9 Å². The number of hydrogen-bond acceptors (Lipinski definition) is 9. The minimum Gasteiger partial charge on any atom is -0.480 e. The van der Waals surface area contributed by atoms with Crippen LogP contribution < -0.4 is 26.7 Å². The number of hydrogen-bond donors (Lipinski definition) is 6. The first-order chi connectivity index (χ1) is 18.3. The zero-order valence-corrected chi connectivity index (χ0v) is 22.8. The Morgan fingerprint density at radius 3 is 2.08 bits per heavy atom. The third-order valence-electron chi connectivity index (χ3n) is 4.97. The third kappa shape index (κ3) is 15.2. The number of carbonyl (C=O) groups is 2. The molecule has 2 rings (SSSR count). The topological polar surface area (TPSA) is 230 Å². The summed E-state index contributed by atoms with van der Waals surface area (Å²) in [5.41, 5.74) is 18.0. The van der Waals surface area contributed by atoms with Crippen molar-refractivity contribution in [3.63, 3.8) is 0 Å². The number of rotatable bonds is 15. The van der Waals surface area contributed by atoms with Crippen molar-refractivity contribution in [3.8, 4) is 5.75 Å². The molecule has 0 spiro atoms. The van der Waals surface area contributed by atoms with Crippen LogP contribution >= 0.6 is 0 Å². The van der Waals surface area contributed by atoms with Crippen LogP contribution in [-0.2, 0) is 37.4 Å². The molecule has 13 nitrogen and oxygen atoms in total. The molecule has 0 aliphatic heterocycles. The number of benzene rings is 2. The van der Waals surface area contributed by atoms with Crippen molar-refractivity contribution in [2.75, 3.05) is 24.7 Å². The molecule has 0 amide bonds. The lowest BCUT2D eigenvalue weighted by Gasteiger charge is -2.13. The van der Waals surface area contributed by atoms with Crippen LogP contribution in [0.2, 0.25) is 0 Å². The van der Waals surface area contributed by atoms with Gasteiger partial charge in [0.05, 0.1) is 6.26 Å². The number of aliphatic imine (C=N–C) groups is 1. The molecule has 0 aromatic heterocycles. The highest BCUT2D eigenvalue weighted by Crippen LogP contribution is 2.17. The molecule has 0 heterocycles. The molecule has 39 heavy (non-hydrogen) atoms. The van der Waals surface area contributed by atoms with E-state index in [1.165, 1.54) is 0 Å². The fraction of sp³-hybridized carbons (Fsp3) is 0.400. The molecule has 216 valence electrons. The molecule has 0 aliphatic rings. The van der Waals surface area contributed by atoms with Crippen LogP contribution in [0.4, 0.5) is 5.69 Å². The van der Waals surface area contributed by atoms with E-state index in [-0.39, 0.29) is 11.7 Å². The third-order valence-corrected chi connectivity index (χ3v) is 5.47. The van der Waals surface area contributed by atoms with Crippen LogP contribution in [0.25, 0.3) is 0 Å². The Kier molecular flexibility index (Phi) is 14.3. The second-order valence-corrected chi connectivity index (χ2v) is 9.94. The Labute approximate surface area is 228 Å². The van der Waals surface area contributed by atoms with E-state index in [0.29, 0.717) is 39.0 Å². The van der Waals surface area contributed by atoms with E-state index in [9.17, 15) is 18.0 Å². The van der Waals surface area contributed by atoms with Crippen molar-refractivity contribution in [1.29, 1.82) is 0 Å². The SMILES string of the molecule is CCOC(Cc1ccc(NCc2ccc(OS(C)(=O)=O)cc2)cc1)C(=O)O.NC(N)=NCCCC(N)C(=O)O. The van der Waals surface area contributed by atoms with Crippen molar-refractivity contribution in [2.45, 2.75) is 44.9 Å². The van der Waals surface area contributed by atoms with Crippen LogP contribution in [0.5, 0.6) is 5.75 Å². The van der Waals surface area contributed by atoms with Gasteiger partial charge in [0.1, 0.15) is 11.8 Å². The monoisotopic (exact) mass is 567 g/mol. The summed E-state index contributed by atoms with van der Waals surface area (Å²) in [6.45, 7) is 3.09. The van der Waals surface area contributed by atoms with E-state index in [1.54, 1.807) is 31.2 Å². The minimum absolute atomic E-state index is 0.0129. The molecule has 9 N–H and O–H groups in total. The second-order valence-electron chi connectivity index (χ2n) is 8.36. The maximum atomic E-state index is 11.1. The summed E-state index contributed by atoms with van der Waals surface area (Å²) < 4.78 is 32.2. The predicted molar refractivity (Wildman–Crippen MR) is 148 cm³/mol. The molecule has 14 heteroatoms. The van der Waals surface area contributed by atoms with Crippen LogP contribution in [0.3, 0.4) is 0 Å². The Morgan fingerprint density at radius 1 is 1.00 bits per heavy atom. The first-order valence-corrected chi connectivity index (χ1v) is 13.8. The number of nitrogens with one attached hydrogen (secondary N) is 1. The van der Waals surface area contributed by atoms with E-state index in [1.807, 2.05) is 24.3 Å². The van der Waals surface area contributed by atoms with Gasteiger partial charge in [-0.05, 0) is 55.2 Å². The Balaban J connectivity index is 0.000000534. The molecule has 0 radical (unpaired) electrons. The maximum absolute atomic E-state index is 11.1. The van der Waals surface area contributed by atoms with E-state index in [2.05, 4.69) is 10.3 Å². The highest BCUT2D eigenvalue weighted by Gasteiger charge is 2.17. The van der Waals surface area contributed by atoms with Gasteiger partial charge in [-0.2, -0.15) is 8.42 Å². The Hall–Kier alpha value is -3.88. The quantitative estimate of drug-likeness (QED) is 0.0769. The Bertz CT molecular complexity index is 1170. The minimum atomic E-state index is -3.53. The van der Waals surface area contributed by atoms with Crippen molar-refractivity contribution in [3.05, 3.63) is 59.7 Å². The lowest BCUT2D eigenvalue weighted by atomic mass is 10.1. The van der Waals surface area contributed by atoms with Gasteiger partial charge in [0.2, 0.25) is 0 Å². The highest BCUT2D eigenvalue weighted by molar-refractivity contribution is 7.86. The highest BCUT2D eigenvalue weighted by atomic mass is 32.2. The van der Waals surface area contributed by atoms with Gasteiger partial charge in [-0.1, -0.05) is 24.3 Å². The zero-order valence-electron chi connectivity index (χ0n) is 21.9. The van der Waals surface area contributed by atoms with Gasteiger partial charge < -0.3 is 41.7 Å². The Morgan fingerprint density at radius 2 is 1.59 bits per heavy atom. The smallest absolute Gasteiger partial charge is 0.333 e. The van der Waals surface area contributed by atoms with E-state index >= 15 is 0 Å². The molecule has 2 unspecified atom stereocenters. The van der Waals surface area contributed by atoms with Crippen LogP contribution in [0, 0.1) is 0 Å². The molecular formula is C25H37N5O8S. The van der Waals surface area contributed by atoms with Gasteiger partial charge in [-0.25, -0.2) is 4.79 Å². The average Bonchev–Trinajstić information content (AvgIpc) is 2.86. The molecule has 2 atom stereocenters. The molecule has 0 saturated carbocycles. The molecular weight excluding hydrogens is 530 g/mol. The van der Waals surface area contributed by atoms with Crippen molar-refractivity contribution in [1.82, 2.24) is 0 Å². The first kappa shape index (κ1) is 33.1. The molecule has 0 bridgehead atoms. The molecule has 0 aliphatic carbocycles. The summed E-state index contributed by atoms with van der Waals surface area (Å²) >= 11 is 0.